The third-order valence-corrected chi connectivity index (χ3v) is 7.55. The van der Waals surface area contributed by atoms with E-state index >= 15 is 0 Å². The number of benzene rings is 1. The summed E-state index contributed by atoms with van der Waals surface area (Å²) in [4.78, 5) is 31.8. The van der Waals surface area contributed by atoms with Gasteiger partial charge in [0.15, 0.2) is 0 Å². The zero-order valence-corrected chi connectivity index (χ0v) is 17.7. The van der Waals surface area contributed by atoms with Gasteiger partial charge in [0.05, 0.1) is 24.2 Å². The lowest BCUT2D eigenvalue weighted by Crippen LogP contribution is -2.57. The molecule has 8 heteroatoms. The zero-order valence-electron chi connectivity index (χ0n) is 17.7. The Kier molecular flexibility index (Phi) is 4.98. The first-order valence-corrected chi connectivity index (χ1v) is 11.2. The third-order valence-electron chi connectivity index (χ3n) is 7.55. The summed E-state index contributed by atoms with van der Waals surface area (Å²) in [5.74, 6) is 0.0646. The summed E-state index contributed by atoms with van der Waals surface area (Å²) >= 11 is 0. The number of piperazine rings is 1. The molecule has 1 aromatic rings. The van der Waals surface area contributed by atoms with E-state index in [9.17, 15) is 19.2 Å². The lowest BCUT2D eigenvalue weighted by atomic mass is 10.0. The maximum atomic E-state index is 13.3. The molecule has 3 heterocycles. The highest BCUT2D eigenvalue weighted by molar-refractivity contribution is 5.87. The standard InChI is InChI=1S/C23H28FN5O2/c1-2-19(13-3-5-15(24)6-4-13)29-17-9-21(23(29)31)27(11-17)12-18(26)22(30)28-16(10-25)7-14-8-20(14)28/h3-6,14,16-21H,2,7-9,11-12,26H2,1H3/t14-,16?,17?,18?,19?,20+,21+/m1/s1. The molecule has 1 aliphatic carbocycles. The number of hydrogen-bond donors (Lipinski definition) is 1. The van der Waals surface area contributed by atoms with Crippen LogP contribution < -0.4 is 5.73 Å². The van der Waals surface area contributed by atoms with Gasteiger partial charge >= 0.3 is 0 Å². The summed E-state index contributed by atoms with van der Waals surface area (Å²) in [6.07, 6.45) is 3.21. The topological polar surface area (TPSA) is 93.7 Å². The van der Waals surface area contributed by atoms with Crippen LogP contribution in [-0.2, 0) is 9.59 Å². The first kappa shape index (κ1) is 20.4. The number of amides is 2. The van der Waals surface area contributed by atoms with E-state index in [2.05, 4.69) is 6.07 Å². The van der Waals surface area contributed by atoms with Crippen LogP contribution in [0.1, 0.15) is 44.2 Å². The molecule has 0 spiro atoms. The molecule has 31 heavy (non-hydrogen) atoms. The Morgan fingerprint density at radius 3 is 2.68 bits per heavy atom. The Morgan fingerprint density at radius 2 is 2.03 bits per heavy atom. The van der Waals surface area contributed by atoms with Crippen molar-refractivity contribution in [3.05, 3.63) is 35.6 Å². The fourth-order valence-corrected chi connectivity index (χ4v) is 5.99. The second-order valence-corrected chi connectivity index (χ2v) is 9.38. The van der Waals surface area contributed by atoms with Crippen LogP contribution in [0.25, 0.3) is 0 Å². The third kappa shape index (κ3) is 3.31. The fraction of sp³-hybridized carbons (Fsp3) is 0.609. The van der Waals surface area contributed by atoms with Crippen molar-refractivity contribution < 1.29 is 14.0 Å². The van der Waals surface area contributed by atoms with Gasteiger partial charge in [-0.05, 0) is 49.3 Å². The van der Waals surface area contributed by atoms with Crippen LogP contribution in [0.5, 0.6) is 0 Å². The Morgan fingerprint density at radius 1 is 1.29 bits per heavy atom. The Labute approximate surface area is 181 Å². The van der Waals surface area contributed by atoms with Gasteiger partial charge in [-0.15, -0.1) is 0 Å². The van der Waals surface area contributed by atoms with Gasteiger partial charge < -0.3 is 15.5 Å². The minimum absolute atomic E-state index is 0.0606. The average Bonchev–Trinajstić information content (AvgIpc) is 3.10. The maximum Gasteiger partial charge on any atom is 0.242 e. The lowest BCUT2D eigenvalue weighted by molar-refractivity contribution is -0.141. The number of nitrogens with two attached hydrogens (primary N) is 1. The Hall–Kier alpha value is -2.50. The van der Waals surface area contributed by atoms with E-state index in [1.54, 1.807) is 17.0 Å². The predicted octanol–water partition coefficient (Wildman–Crippen LogP) is 1.40. The summed E-state index contributed by atoms with van der Waals surface area (Å²) in [5, 5.41) is 9.36. The molecule has 4 aliphatic rings. The minimum atomic E-state index is -0.727. The SMILES string of the molecule is CCC(c1ccc(F)cc1)N1C(=O)[C@@H]2CC1CN2CC(N)C(=O)N1C(C#N)C[C@@H]2C[C@@H]21. The van der Waals surface area contributed by atoms with E-state index in [0.717, 1.165) is 31.2 Å². The molecule has 4 unspecified atom stereocenters. The summed E-state index contributed by atoms with van der Waals surface area (Å²) in [5.41, 5.74) is 7.22. The molecular formula is C23H28FN5O2. The van der Waals surface area contributed by atoms with Gasteiger partial charge in [-0.25, -0.2) is 4.39 Å². The largest absolute Gasteiger partial charge is 0.330 e. The number of likely N-dealkylation sites (tertiary alicyclic amines) is 3. The fourth-order valence-electron chi connectivity index (χ4n) is 5.99. The highest BCUT2D eigenvalue weighted by Crippen LogP contribution is 2.48. The minimum Gasteiger partial charge on any atom is -0.330 e. The molecule has 1 saturated carbocycles. The van der Waals surface area contributed by atoms with Crippen LogP contribution >= 0.6 is 0 Å². The molecular weight excluding hydrogens is 397 g/mol. The van der Waals surface area contributed by atoms with Crippen LogP contribution in [0.2, 0.25) is 0 Å². The molecule has 2 amide bonds. The first-order valence-electron chi connectivity index (χ1n) is 11.2. The highest BCUT2D eigenvalue weighted by Gasteiger charge is 2.56. The summed E-state index contributed by atoms with van der Waals surface area (Å²) < 4.78 is 13.3. The van der Waals surface area contributed by atoms with Crippen LogP contribution in [0.3, 0.4) is 0 Å². The predicted molar refractivity (Wildman–Crippen MR) is 111 cm³/mol. The van der Waals surface area contributed by atoms with E-state index in [0.29, 0.717) is 19.0 Å². The van der Waals surface area contributed by atoms with Gasteiger partial charge in [0.25, 0.3) is 0 Å². The average molecular weight is 426 g/mol. The van der Waals surface area contributed by atoms with Crippen LogP contribution in [-0.4, -0.2) is 69.8 Å². The van der Waals surface area contributed by atoms with Crippen molar-refractivity contribution in [3.63, 3.8) is 0 Å². The molecule has 7 atom stereocenters. The van der Waals surface area contributed by atoms with E-state index in [-0.39, 0.29) is 47.8 Å². The highest BCUT2D eigenvalue weighted by atomic mass is 19.1. The van der Waals surface area contributed by atoms with Crippen molar-refractivity contribution in [1.29, 1.82) is 5.26 Å². The summed E-state index contributed by atoms with van der Waals surface area (Å²) in [6, 6.07) is 7.42. The van der Waals surface area contributed by atoms with Crippen LogP contribution in [0.15, 0.2) is 24.3 Å². The van der Waals surface area contributed by atoms with E-state index in [4.69, 9.17) is 5.73 Å². The molecule has 1 aromatic carbocycles. The molecule has 0 radical (unpaired) electrons. The maximum absolute atomic E-state index is 13.3. The Balaban J connectivity index is 1.25. The number of nitrogens with zero attached hydrogens (tertiary/aromatic N) is 4. The van der Waals surface area contributed by atoms with Gasteiger partial charge in [0.1, 0.15) is 11.9 Å². The molecule has 3 saturated heterocycles. The number of carbonyl (C=O) groups excluding carboxylic acids is 2. The number of hydrogen-bond acceptors (Lipinski definition) is 5. The van der Waals surface area contributed by atoms with Crippen molar-refractivity contribution in [2.24, 2.45) is 11.7 Å². The molecule has 0 aromatic heterocycles. The molecule has 4 fully saturated rings. The number of piperidine rings is 1. The lowest BCUT2D eigenvalue weighted by Gasteiger charge is -2.39. The first-order chi connectivity index (χ1) is 14.9. The van der Waals surface area contributed by atoms with Gasteiger partial charge in [0.2, 0.25) is 11.8 Å². The number of carbonyl (C=O) groups is 2. The summed E-state index contributed by atoms with van der Waals surface area (Å²) in [6.45, 7) is 3.05. The van der Waals surface area contributed by atoms with Crippen LogP contribution in [0, 0.1) is 23.1 Å². The molecule has 3 aliphatic heterocycles. The second-order valence-electron chi connectivity index (χ2n) is 9.38. The molecule has 7 nitrogen and oxygen atoms in total. The number of halogens is 1. The molecule has 5 rings (SSSR count). The zero-order chi connectivity index (χ0) is 21.9. The number of nitriles is 1. The van der Waals surface area contributed by atoms with Gasteiger partial charge in [0, 0.05) is 25.2 Å². The molecule has 2 N–H and O–H groups in total. The Bertz CT molecular complexity index is 931. The normalized spacial score (nSPS) is 33.4. The quantitative estimate of drug-likeness (QED) is 0.744. The van der Waals surface area contributed by atoms with Crippen molar-refractivity contribution in [3.8, 4) is 6.07 Å². The van der Waals surface area contributed by atoms with Crippen molar-refractivity contribution in [2.75, 3.05) is 13.1 Å². The smallest absolute Gasteiger partial charge is 0.242 e. The van der Waals surface area contributed by atoms with Crippen molar-refractivity contribution in [2.45, 2.75) is 68.9 Å². The summed E-state index contributed by atoms with van der Waals surface area (Å²) in [7, 11) is 0. The van der Waals surface area contributed by atoms with Gasteiger partial charge in [-0.2, -0.15) is 5.26 Å². The molecule has 164 valence electrons. The van der Waals surface area contributed by atoms with E-state index in [1.807, 2.05) is 16.7 Å². The second kappa shape index (κ2) is 7.57. The molecule has 2 bridgehead atoms. The van der Waals surface area contributed by atoms with Crippen LogP contribution in [0.4, 0.5) is 4.39 Å². The van der Waals surface area contributed by atoms with Crippen molar-refractivity contribution >= 4 is 11.8 Å². The number of rotatable bonds is 6. The van der Waals surface area contributed by atoms with E-state index < -0.39 is 6.04 Å². The number of fused-ring (bicyclic) bond motifs is 3. The monoisotopic (exact) mass is 425 g/mol. The van der Waals surface area contributed by atoms with Gasteiger partial charge in [-0.1, -0.05) is 19.1 Å². The van der Waals surface area contributed by atoms with Crippen molar-refractivity contribution in [1.82, 2.24) is 14.7 Å². The van der Waals surface area contributed by atoms with E-state index in [1.165, 1.54) is 12.1 Å². The van der Waals surface area contributed by atoms with Gasteiger partial charge in [-0.3, -0.25) is 14.5 Å².